The summed E-state index contributed by atoms with van der Waals surface area (Å²) in [6, 6.07) is -0.961. The van der Waals surface area contributed by atoms with Crippen LogP contribution in [-0.4, -0.2) is 74.8 Å². The van der Waals surface area contributed by atoms with Crippen molar-refractivity contribution in [1.82, 2.24) is 15.2 Å². The van der Waals surface area contributed by atoms with E-state index in [-0.39, 0.29) is 34.4 Å². The highest BCUT2D eigenvalue weighted by Gasteiger charge is 2.55. The normalized spacial score (nSPS) is 25.6. The molecule has 0 spiro atoms. The minimum atomic E-state index is -1.29. The predicted octanol–water partition coefficient (Wildman–Crippen LogP) is -0.480. The first-order chi connectivity index (χ1) is 14.8. The summed E-state index contributed by atoms with van der Waals surface area (Å²) < 4.78 is 5.20. The van der Waals surface area contributed by atoms with E-state index in [0.29, 0.717) is 12.0 Å². The van der Waals surface area contributed by atoms with Crippen LogP contribution in [0.15, 0.2) is 21.8 Å². The van der Waals surface area contributed by atoms with E-state index in [1.807, 2.05) is 0 Å². The first kappa shape index (κ1) is 21.1. The summed E-state index contributed by atoms with van der Waals surface area (Å²) in [7, 11) is 1.26. The Morgan fingerprint density at radius 1 is 1.45 bits per heavy atom. The summed E-state index contributed by atoms with van der Waals surface area (Å²) in [5.74, 6) is -2.73. The number of ether oxygens (including phenoxy) is 1. The van der Waals surface area contributed by atoms with Gasteiger partial charge in [0.15, 0.2) is 10.8 Å². The zero-order chi connectivity index (χ0) is 22.3. The molecule has 2 fully saturated rings. The van der Waals surface area contributed by atoms with Gasteiger partial charge in [0.2, 0.25) is 0 Å². The number of hydrogen-bond donors (Lipinski definition) is 3. The molecule has 3 aliphatic rings. The highest BCUT2D eigenvalue weighted by atomic mass is 32.2. The molecule has 3 aliphatic heterocycles. The van der Waals surface area contributed by atoms with Gasteiger partial charge in [-0.3, -0.25) is 19.3 Å². The van der Waals surface area contributed by atoms with Gasteiger partial charge < -0.3 is 25.7 Å². The van der Waals surface area contributed by atoms with Crippen molar-refractivity contribution in [2.75, 3.05) is 18.6 Å². The number of β-lactam (4-membered cyclic amide) rings is 1. The molecule has 1 unspecified atom stereocenters. The fourth-order valence-corrected chi connectivity index (χ4v) is 5.52. The van der Waals surface area contributed by atoms with Crippen LogP contribution >= 0.6 is 23.1 Å². The first-order valence-electron chi connectivity index (χ1n) is 9.05. The van der Waals surface area contributed by atoms with Crippen LogP contribution in [-0.2, 0) is 28.8 Å². The van der Waals surface area contributed by atoms with Gasteiger partial charge in [-0.05, 0) is 6.42 Å². The monoisotopic (exact) mass is 467 g/mol. The van der Waals surface area contributed by atoms with E-state index in [1.54, 1.807) is 0 Å². The molecule has 2 saturated heterocycles. The number of hydrogen-bond acceptors (Lipinski definition) is 11. The van der Waals surface area contributed by atoms with Crippen molar-refractivity contribution in [2.45, 2.75) is 30.4 Å². The molecule has 4 N–H and O–H groups in total. The molecule has 2 amide bonds. The molecule has 4 rings (SSSR count). The van der Waals surface area contributed by atoms with Gasteiger partial charge in [-0.15, -0.1) is 23.1 Å². The number of oxime groups is 1. The van der Waals surface area contributed by atoms with Gasteiger partial charge in [0.25, 0.3) is 11.8 Å². The Morgan fingerprint density at radius 3 is 2.81 bits per heavy atom. The van der Waals surface area contributed by atoms with Gasteiger partial charge in [-0.1, -0.05) is 5.16 Å². The topological polar surface area (TPSA) is 174 Å². The Morgan fingerprint density at radius 2 is 2.23 bits per heavy atom. The lowest BCUT2D eigenvalue weighted by Gasteiger charge is -2.49. The highest BCUT2D eigenvalue weighted by Crippen LogP contribution is 2.42. The van der Waals surface area contributed by atoms with Crippen molar-refractivity contribution in [1.29, 1.82) is 0 Å². The van der Waals surface area contributed by atoms with Crippen molar-refractivity contribution in [3.8, 4) is 0 Å². The molecular formula is C17H17N5O7S2. The van der Waals surface area contributed by atoms with E-state index < -0.39 is 41.3 Å². The van der Waals surface area contributed by atoms with E-state index in [1.165, 1.54) is 24.3 Å². The fourth-order valence-electron chi connectivity index (χ4n) is 3.56. The molecule has 1 aromatic rings. The lowest BCUT2D eigenvalue weighted by atomic mass is 9.99. The number of nitrogens with one attached hydrogen (secondary N) is 1. The molecule has 0 aliphatic carbocycles. The Labute approximate surface area is 183 Å². The number of anilines is 1. The number of carboxylic acid groups (broad SMARTS) is 1. The largest absolute Gasteiger partial charge is 0.477 e. The molecule has 31 heavy (non-hydrogen) atoms. The minimum Gasteiger partial charge on any atom is -0.477 e. The summed E-state index contributed by atoms with van der Waals surface area (Å²) >= 11 is 2.40. The van der Waals surface area contributed by atoms with E-state index >= 15 is 0 Å². The number of nitrogens with two attached hydrogens (primary N) is 1. The zero-order valence-electron chi connectivity index (χ0n) is 16.1. The van der Waals surface area contributed by atoms with Crippen LogP contribution < -0.4 is 11.1 Å². The Kier molecular flexibility index (Phi) is 5.58. The number of esters is 1. The molecule has 164 valence electrons. The average molecular weight is 467 g/mol. The predicted molar refractivity (Wildman–Crippen MR) is 109 cm³/mol. The van der Waals surface area contributed by atoms with Crippen molar-refractivity contribution in [3.05, 3.63) is 22.3 Å². The van der Waals surface area contributed by atoms with Gasteiger partial charge in [-0.25, -0.2) is 9.78 Å². The van der Waals surface area contributed by atoms with Crippen molar-refractivity contribution in [3.63, 3.8) is 0 Å². The lowest BCUT2D eigenvalue weighted by Crippen LogP contribution is -2.71. The smallest absolute Gasteiger partial charge is 0.352 e. The second kappa shape index (κ2) is 8.19. The number of carbonyl (C=O) groups excluding carboxylic acids is 3. The van der Waals surface area contributed by atoms with Gasteiger partial charge in [-0.2, -0.15) is 0 Å². The average Bonchev–Trinajstić information content (AvgIpc) is 3.36. The third kappa shape index (κ3) is 3.72. The number of rotatable bonds is 6. The molecule has 0 bridgehead atoms. The van der Waals surface area contributed by atoms with Crippen LogP contribution in [0.2, 0.25) is 0 Å². The second-order valence-corrected chi connectivity index (χ2v) is 8.75. The van der Waals surface area contributed by atoms with E-state index in [4.69, 9.17) is 15.3 Å². The van der Waals surface area contributed by atoms with Crippen molar-refractivity contribution < 1.29 is 33.9 Å². The molecule has 3 atom stereocenters. The zero-order valence-corrected chi connectivity index (χ0v) is 17.7. The number of amides is 2. The maximum absolute atomic E-state index is 12.8. The molecule has 0 saturated carbocycles. The van der Waals surface area contributed by atoms with Gasteiger partial charge >= 0.3 is 11.9 Å². The molecule has 0 radical (unpaired) electrons. The number of fused-ring (bicyclic) bond motifs is 1. The molecular weight excluding hydrogens is 450 g/mol. The minimum absolute atomic E-state index is 0.157. The number of carboxylic acids is 1. The molecule has 14 heteroatoms. The Bertz CT molecular complexity index is 1040. The van der Waals surface area contributed by atoms with E-state index in [9.17, 15) is 24.3 Å². The molecule has 4 heterocycles. The lowest BCUT2D eigenvalue weighted by molar-refractivity contribution is -0.150. The quantitative estimate of drug-likeness (QED) is 0.215. The third-order valence-electron chi connectivity index (χ3n) is 4.92. The standard InChI is InChI=1S/C17H17N5O7S2/c1-28-21-10(7-5-31-17(18)19-7)13(24)20-11-14(25)22-12(16(26)27)6(4-30-15(11)22)8-2-3-9(23)29-8/h5,8,11,15H,2-4H2,1H3,(H2,18,19)(H,20,24)(H,26,27)/t8?,11-,15-/m1/s1. The summed E-state index contributed by atoms with van der Waals surface area (Å²) in [5, 5.41) is 17.1. The SMILES string of the molecule is CON=C(C(=O)N[C@@H]1C(=O)N2C(C(=O)O)=C(C3CCC(=O)O3)CS[C@H]12)c1csc(N)n1. The maximum atomic E-state index is 12.8. The van der Waals surface area contributed by atoms with Crippen LogP contribution in [0.25, 0.3) is 0 Å². The van der Waals surface area contributed by atoms with Gasteiger partial charge in [0.1, 0.15) is 36.0 Å². The van der Waals surface area contributed by atoms with Gasteiger partial charge in [0, 0.05) is 23.1 Å². The number of thioether (sulfide) groups is 1. The number of aliphatic carboxylic acids is 1. The van der Waals surface area contributed by atoms with E-state index in [2.05, 4.69) is 15.5 Å². The fraction of sp³-hybridized carbons (Fsp3) is 0.412. The number of nitrogen functional groups attached to an aromatic ring is 1. The summed E-state index contributed by atoms with van der Waals surface area (Å²) in [6.45, 7) is 0. The van der Waals surface area contributed by atoms with Crippen LogP contribution in [0.4, 0.5) is 5.13 Å². The maximum Gasteiger partial charge on any atom is 0.352 e. The third-order valence-corrected chi connectivity index (χ3v) is 6.90. The molecule has 12 nitrogen and oxygen atoms in total. The number of nitrogens with zero attached hydrogens (tertiary/aromatic N) is 3. The molecule has 0 aromatic carbocycles. The Hall–Kier alpha value is -3.13. The number of cyclic esters (lactones) is 1. The highest BCUT2D eigenvalue weighted by molar-refractivity contribution is 8.00. The number of thiazole rings is 1. The van der Waals surface area contributed by atoms with Crippen molar-refractivity contribution in [2.24, 2.45) is 5.16 Å². The Balaban J connectivity index is 1.54. The summed E-state index contributed by atoms with van der Waals surface area (Å²) in [6.07, 6.45) is -0.0969. The van der Waals surface area contributed by atoms with E-state index in [0.717, 1.165) is 16.2 Å². The number of carbonyl (C=O) groups is 4. The van der Waals surface area contributed by atoms with Crippen LogP contribution in [0.3, 0.4) is 0 Å². The van der Waals surface area contributed by atoms with Crippen LogP contribution in [0.1, 0.15) is 18.5 Å². The summed E-state index contributed by atoms with van der Waals surface area (Å²) in [4.78, 5) is 58.7. The van der Waals surface area contributed by atoms with Gasteiger partial charge in [0.05, 0.1) is 0 Å². The van der Waals surface area contributed by atoms with Crippen molar-refractivity contribution >= 4 is 57.7 Å². The number of aromatic nitrogens is 1. The first-order valence-corrected chi connectivity index (χ1v) is 11.0. The summed E-state index contributed by atoms with van der Waals surface area (Å²) in [5.41, 5.74) is 5.83. The molecule has 1 aromatic heterocycles. The second-order valence-electron chi connectivity index (χ2n) is 6.75. The van der Waals surface area contributed by atoms with Crippen LogP contribution in [0, 0.1) is 0 Å². The van der Waals surface area contributed by atoms with Crippen LogP contribution in [0.5, 0.6) is 0 Å².